The number of halogens is 1. The molecule has 0 unspecified atom stereocenters. The molecule has 7 heteroatoms. The van der Waals surface area contributed by atoms with E-state index in [9.17, 15) is 9.18 Å². The predicted molar refractivity (Wildman–Crippen MR) is 91.8 cm³/mol. The molecule has 1 aromatic carbocycles. The van der Waals surface area contributed by atoms with E-state index in [1.165, 1.54) is 17.4 Å². The molecule has 2 aromatic rings. The minimum absolute atomic E-state index is 0.00874. The third-order valence-electron chi connectivity index (χ3n) is 3.98. The van der Waals surface area contributed by atoms with Crippen LogP contribution in [0.25, 0.3) is 0 Å². The lowest BCUT2D eigenvalue weighted by atomic mass is 10.1. The first-order valence-electron chi connectivity index (χ1n) is 7.87. The molecule has 0 spiro atoms. The Morgan fingerprint density at radius 1 is 1.50 bits per heavy atom. The Kier molecular flexibility index (Phi) is 5.55. The number of amides is 1. The van der Waals surface area contributed by atoms with Gasteiger partial charge in [-0.3, -0.25) is 9.69 Å². The number of morpholine rings is 1. The number of thiazole rings is 1. The molecule has 0 aliphatic carbocycles. The summed E-state index contributed by atoms with van der Waals surface area (Å²) in [5.41, 5.74) is 0.394. The van der Waals surface area contributed by atoms with Gasteiger partial charge in [0.1, 0.15) is 5.82 Å². The number of hydrogen-bond donors (Lipinski definition) is 0. The summed E-state index contributed by atoms with van der Waals surface area (Å²) < 4.78 is 19.6. The van der Waals surface area contributed by atoms with Gasteiger partial charge in [-0.25, -0.2) is 9.37 Å². The number of hydrogen-bond acceptors (Lipinski definition) is 5. The van der Waals surface area contributed by atoms with Gasteiger partial charge in [-0.15, -0.1) is 11.3 Å². The van der Waals surface area contributed by atoms with E-state index < -0.39 is 0 Å². The number of ether oxygens (including phenoxy) is 1. The van der Waals surface area contributed by atoms with Crippen LogP contribution in [0.3, 0.4) is 0 Å². The van der Waals surface area contributed by atoms with Crippen molar-refractivity contribution in [2.75, 3.05) is 38.2 Å². The van der Waals surface area contributed by atoms with Crippen molar-refractivity contribution in [2.24, 2.45) is 0 Å². The summed E-state index contributed by atoms with van der Waals surface area (Å²) in [6.45, 7) is 2.71. The van der Waals surface area contributed by atoms with Gasteiger partial charge in [-0.05, 0) is 18.7 Å². The van der Waals surface area contributed by atoms with Crippen molar-refractivity contribution >= 4 is 22.4 Å². The molecule has 0 saturated carbocycles. The molecule has 1 amide bonds. The van der Waals surface area contributed by atoms with Crippen molar-refractivity contribution in [1.29, 1.82) is 0 Å². The summed E-state index contributed by atoms with van der Waals surface area (Å²) in [6, 6.07) is 6.36. The average molecular weight is 349 g/mol. The van der Waals surface area contributed by atoms with Crippen molar-refractivity contribution in [3.63, 3.8) is 0 Å². The van der Waals surface area contributed by atoms with Gasteiger partial charge in [0.05, 0.1) is 25.7 Å². The first-order valence-corrected chi connectivity index (χ1v) is 8.75. The van der Waals surface area contributed by atoms with Crippen LogP contribution in [0.2, 0.25) is 0 Å². The molecular weight excluding hydrogens is 329 g/mol. The van der Waals surface area contributed by atoms with Gasteiger partial charge < -0.3 is 9.64 Å². The Hall–Kier alpha value is -1.83. The van der Waals surface area contributed by atoms with E-state index in [2.05, 4.69) is 9.88 Å². The van der Waals surface area contributed by atoms with E-state index in [-0.39, 0.29) is 24.2 Å². The third kappa shape index (κ3) is 4.17. The first kappa shape index (κ1) is 17.0. The molecule has 1 aromatic heterocycles. The molecule has 1 aliphatic rings. The van der Waals surface area contributed by atoms with E-state index in [1.54, 1.807) is 29.3 Å². The standard InChI is InChI=1S/C17H20FN3O2S/c1-20-7-8-23-14(11-20)12-21(17-19-6-9-24-17)16(22)10-13-4-2-3-5-15(13)18/h2-6,9,14H,7-8,10-12H2,1H3/t14-/m1/s1. The molecule has 1 atom stereocenters. The fourth-order valence-electron chi connectivity index (χ4n) is 2.72. The quantitative estimate of drug-likeness (QED) is 0.830. The van der Waals surface area contributed by atoms with Gasteiger partial charge in [0, 0.05) is 24.7 Å². The lowest BCUT2D eigenvalue weighted by Gasteiger charge is -2.33. The van der Waals surface area contributed by atoms with E-state index in [4.69, 9.17) is 4.74 Å². The maximum atomic E-state index is 13.9. The minimum atomic E-state index is -0.362. The van der Waals surface area contributed by atoms with Crippen LogP contribution in [0.5, 0.6) is 0 Å². The van der Waals surface area contributed by atoms with Gasteiger partial charge in [-0.2, -0.15) is 0 Å². The van der Waals surface area contributed by atoms with E-state index in [0.717, 1.165) is 13.1 Å². The van der Waals surface area contributed by atoms with Gasteiger partial charge in [0.2, 0.25) is 5.91 Å². The summed E-state index contributed by atoms with van der Waals surface area (Å²) in [4.78, 5) is 20.8. The van der Waals surface area contributed by atoms with Crippen molar-refractivity contribution in [3.05, 3.63) is 47.2 Å². The topological polar surface area (TPSA) is 45.7 Å². The van der Waals surface area contributed by atoms with Crippen molar-refractivity contribution in [1.82, 2.24) is 9.88 Å². The second kappa shape index (κ2) is 7.83. The molecule has 1 fully saturated rings. The maximum Gasteiger partial charge on any atom is 0.233 e. The number of aromatic nitrogens is 1. The van der Waals surface area contributed by atoms with Crippen LogP contribution in [0, 0.1) is 5.82 Å². The lowest BCUT2D eigenvalue weighted by Crippen LogP contribution is -2.48. The molecule has 5 nitrogen and oxygen atoms in total. The second-order valence-corrected chi connectivity index (χ2v) is 6.72. The van der Waals surface area contributed by atoms with Gasteiger partial charge in [0.25, 0.3) is 0 Å². The summed E-state index contributed by atoms with van der Waals surface area (Å²) in [5.74, 6) is -0.537. The van der Waals surface area contributed by atoms with Crippen LogP contribution in [0.1, 0.15) is 5.56 Å². The van der Waals surface area contributed by atoms with Crippen LogP contribution in [-0.4, -0.2) is 55.2 Å². The Balaban J connectivity index is 1.75. The minimum Gasteiger partial charge on any atom is -0.374 e. The average Bonchev–Trinajstić information content (AvgIpc) is 3.09. The molecule has 128 valence electrons. The van der Waals surface area contributed by atoms with Crippen molar-refractivity contribution < 1.29 is 13.9 Å². The zero-order valence-corrected chi connectivity index (χ0v) is 14.3. The molecule has 24 heavy (non-hydrogen) atoms. The Morgan fingerprint density at radius 3 is 3.04 bits per heavy atom. The summed E-state index contributed by atoms with van der Waals surface area (Å²) in [5, 5.41) is 2.44. The molecule has 1 aliphatic heterocycles. The Morgan fingerprint density at radius 2 is 2.33 bits per heavy atom. The number of rotatable bonds is 5. The molecular formula is C17H20FN3O2S. The van der Waals surface area contributed by atoms with Gasteiger partial charge in [-0.1, -0.05) is 18.2 Å². The van der Waals surface area contributed by atoms with Crippen LogP contribution < -0.4 is 4.90 Å². The highest BCUT2D eigenvalue weighted by molar-refractivity contribution is 7.13. The number of likely N-dealkylation sites (N-methyl/N-ethyl adjacent to an activating group) is 1. The van der Waals surface area contributed by atoms with Crippen LogP contribution in [0.15, 0.2) is 35.8 Å². The van der Waals surface area contributed by atoms with E-state index in [0.29, 0.717) is 23.8 Å². The summed E-state index contributed by atoms with van der Waals surface area (Å²) in [6.07, 6.45) is 1.60. The van der Waals surface area contributed by atoms with Crippen molar-refractivity contribution in [2.45, 2.75) is 12.5 Å². The first-order chi connectivity index (χ1) is 11.6. The third-order valence-corrected chi connectivity index (χ3v) is 4.77. The molecule has 1 saturated heterocycles. The highest BCUT2D eigenvalue weighted by Gasteiger charge is 2.26. The number of carbonyl (C=O) groups is 1. The van der Waals surface area contributed by atoms with Crippen LogP contribution >= 0.6 is 11.3 Å². The molecule has 0 radical (unpaired) electrons. The predicted octanol–water partition coefficient (Wildman–Crippen LogP) is 2.19. The van der Waals surface area contributed by atoms with Gasteiger partial charge in [0.15, 0.2) is 5.13 Å². The second-order valence-electron chi connectivity index (χ2n) is 5.84. The molecule has 3 rings (SSSR count). The Labute approximate surface area is 144 Å². The number of nitrogens with zero attached hydrogens (tertiary/aromatic N) is 3. The maximum absolute atomic E-state index is 13.9. The van der Waals surface area contributed by atoms with E-state index >= 15 is 0 Å². The summed E-state index contributed by atoms with van der Waals surface area (Å²) in [7, 11) is 2.03. The van der Waals surface area contributed by atoms with Crippen molar-refractivity contribution in [3.8, 4) is 0 Å². The van der Waals surface area contributed by atoms with Crippen LogP contribution in [-0.2, 0) is 16.0 Å². The zero-order valence-electron chi connectivity index (χ0n) is 13.5. The smallest absolute Gasteiger partial charge is 0.233 e. The lowest BCUT2D eigenvalue weighted by molar-refractivity contribution is -0.118. The number of benzene rings is 1. The highest BCUT2D eigenvalue weighted by Crippen LogP contribution is 2.21. The largest absolute Gasteiger partial charge is 0.374 e. The fraction of sp³-hybridized carbons (Fsp3) is 0.412. The Bertz CT molecular complexity index is 680. The van der Waals surface area contributed by atoms with E-state index in [1.807, 2.05) is 12.4 Å². The SMILES string of the molecule is CN1CCO[C@@H](CN(C(=O)Cc2ccccc2F)c2nccs2)C1. The fourth-order valence-corrected chi connectivity index (χ4v) is 3.39. The van der Waals surface area contributed by atoms with Crippen LogP contribution in [0.4, 0.5) is 9.52 Å². The molecule has 0 N–H and O–H groups in total. The monoisotopic (exact) mass is 349 g/mol. The summed E-state index contributed by atoms with van der Waals surface area (Å²) >= 11 is 1.39. The number of carbonyl (C=O) groups excluding carboxylic acids is 1. The number of anilines is 1. The normalized spacial score (nSPS) is 18.5. The van der Waals surface area contributed by atoms with Gasteiger partial charge >= 0.3 is 0 Å². The molecule has 2 heterocycles. The zero-order chi connectivity index (χ0) is 16.9. The highest BCUT2D eigenvalue weighted by atomic mass is 32.1. The molecule has 0 bridgehead atoms.